The van der Waals surface area contributed by atoms with Gasteiger partial charge in [-0.25, -0.2) is 12.7 Å². The number of hydrogen-bond acceptors (Lipinski definition) is 6. The minimum atomic E-state index is -4.10. The quantitative estimate of drug-likeness (QED) is 0.679. The fourth-order valence-electron chi connectivity index (χ4n) is 2.93. The smallest absolute Gasteiger partial charge is 0.269 e. The van der Waals surface area contributed by atoms with Gasteiger partial charge in [0.2, 0.25) is 9.70 Å². The number of amides is 2. The fourth-order valence-corrected chi connectivity index (χ4v) is 5.03. The minimum absolute atomic E-state index is 0.0245. The number of carbonyl (C=O) groups is 2. The second-order valence-electron chi connectivity index (χ2n) is 5.97. The van der Waals surface area contributed by atoms with E-state index in [9.17, 15) is 18.0 Å². The van der Waals surface area contributed by atoms with Crippen molar-refractivity contribution in [2.24, 2.45) is 0 Å². The topological polar surface area (TPSA) is 96.0 Å². The second-order valence-corrected chi connectivity index (χ2v) is 10.2. The van der Waals surface area contributed by atoms with Crippen molar-refractivity contribution in [3.63, 3.8) is 0 Å². The van der Waals surface area contributed by atoms with Crippen molar-refractivity contribution in [1.29, 1.82) is 0 Å². The van der Waals surface area contributed by atoms with Crippen LogP contribution >= 0.6 is 34.8 Å². The minimum Gasteiger partial charge on any atom is -0.379 e. The van der Waals surface area contributed by atoms with Gasteiger partial charge in [0.15, 0.2) is 0 Å². The number of nitrogens with zero attached hydrogens (tertiary/aromatic N) is 2. The molecule has 12 heteroatoms. The lowest BCUT2D eigenvalue weighted by atomic mass is 10.2. The van der Waals surface area contributed by atoms with Gasteiger partial charge in [-0.2, -0.15) is 0 Å². The maximum Gasteiger partial charge on any atom is 0.269 e. The predicted octanol–water partition coefficient (Wildman–Crippen LogP) is 0.976. The van der Waals surface area contributed by atoms with Gasteiger partial charge in [-0.05, 0) is 12.1 Å². The van der Waals surface area contributed by atoms with E-state index in [0.29, 0.717) is 30.6 Å². The van der Waals surface area contributed by atoms with Crippen LogP contribution in [0.1, 0.15) is 10.4 Å². The molecule has 148 valence electrons. The van der Waals surface area contributed by atoms with E-state index >= 15 is 0 Å². The van der Waals surface area contributed by atoms with Crippen molar-refractivity contribution in [2.45, 2.75) is 14.9 Å². The zero-order chi connectivity index (χ0) is 19.8. The second kappa shape index (κ2) is 7.73. The van der Waals surface area contributed by atoms with Gasteiger partial charge < -0.3 is 10.1 Å². The summed E-state index contributed by atoms with van der Waals surface area (Å²) < 4.78 is 29.0. The van der Waals surface area contributed by atoms with Crippen LogP contribution in [0.25, 0.3) is 0 Å². The highest BCUT2D eigenvalue weighted by atomic mass is 35.6. The number of fused-ring (bicyclic) bond motifs is 1. The summed E-state index contributed by atoms with van der Waals surface area (Å²) in [5.41, 5.74) is 0.0245. The van der Waals surface area contributed by atoms with Crippen LogP contribution < -0.4 is 5.32 Å². The standard InChI is InChI=1S/C15H16Cl3N3O5S/c16-15(17,18)14(20-5-7-26-8-6-20)19-12(22)9-21-13(23)10-3-1-2-4-11(10)27(21,24)25/h1-4,14H,5-9H2,(H,19,22). The molecule has 0 aliphatic carbocycles. The first kappa shape index (κ1) is 20.6. The van der Waals surface area contributed by atoms with Gasteiger partial charge in [-0.3, -0.25) is 14.5 Å². The van der Waals surface area contributed by atoms with Crippen LogP contribution in [0.2, 0.25) is 0 Å². The third-order valence-corrected chi connectivity index (χ3v) is 6.62. The highest BCUT2D eigenvalue weighted by Crippen LogP contribution is 2.33. The van der Waals surface area contributed by atoms with E-state index in [1.165, 1.54) is 18.2 Å². The van der Waals surface area contributed by atoms with E-state index < -0.39 is 38.3 Å². The van der Waals surface area contributed by atoms with Gasteiger partial charge in [0, 0.05) is 13.1 Å². The Hall–Kier alpha value is -1.10. The molecule has 8 nitrogen and oxygen atoms in total. The average Bonchev–Trinajstić information content (AvgIpc) is 2.81. The summed E-state index contributed by atoms with van der Waals surface area (Å²) in [6, 6.07) is 5.76. The number of nitrogens with one attached hydrogen (secondary N) is 1. The summed E-state index contributed by atoms with van der Waals surface area (Å²) in [4.78, 5) is 26.5. The number of halogens is 3. The summed E-state index contributed by atoms with van der Waals surface area (Å²) in [7, 11) is -4.10. The molecule has 0 bridgehead atoms. The van der Waals surface area contributed by atoms with Crippen LogP contribution in [-0.2, 0) is 19.6 Å². The third kappa shape index (κ3) is 4.18. The summed E-state index contributed by atoms with van der Waals surface area (Å²) in [6.45, 7) is 0.941. The first-order valence-electron chi connectivity index (χ1n) is 7.96. The van der Waals surface area contributed by atoms with Crippen LogP contribution in [0, 0.1) is 0 Å². The molecule has 0 spiro atoms. The molecule has 0 radical (unpaired) electrons. The SMILES string of the molecule is O=C(CN1C(=O)c2ccccc2S1(=O)=O)NC(N1CCOCC1)C(Cl)(Cl)Cl. The molecule has 2 amide bonds. The van der Waals surface area contributed by atoms with E-state index in [1.807, 2.05) is 0 Å². The van der Waals surface area contributed by atoms with E-state index in [4.69, 9.17) is 39.5 Å². The van der Waals surface area contributed by atoms with Gasteiger partial charge in [-0.1, -0.05) is 46.9 Å². The van der Waals surface area contributed by atoms with Crippen LogP contribution in [0.15, 0.2) is 29.2 Å². The number of benzene rings is 1. The molecule has 27 heavy (non-hydrogen) atoms. The van der Waals surface area contributed by atoms with Crippen molar-refractivity contribution in [3.8, 4) is 0 Å². The van der Waals surface area contributed by atoms with Crippen molar-refractivity contribution in [3.05, 3.63) is 29.8 Å². The molecule has 1 saturated heterocycles. The maximum atomic E-state index is 12.5. The normalized spacial score (nSPS) is 21.0. The summed E-state index contributed by atoms with van der Waals surface area (Å²) in [5.74, 6) is -1.53. The molecule has 2 aliphatic rings. The Kier molecular flexibility index (Phi) is 5.90. The molecule has 0 saturated carbocycles. The maximum absolute atomic E-state index is 12.5. The Labute approximate surface area is 171 Å². The fraction of sp³-hybridized carbons (Fsp3) is 0.467. The lowest BCUT2D eigenvalue weighted by molar-refractivity contribution is -0.123. The highest BCUT2D eigenvalue weighted by Gasteiger charge is 2.44. The first-order chi connectivity index (χ1) is 12.6. The molecule has 2 heterocycles. The number of morpholine rings is 1. The van der Waals surface area contributed by atoms with E-state index in [-0.39, 0.29) is 10.5 Å². The number of rotatable bonds is 4. The first-order valence-corrected chi connectivity index (χ1v) is 10.5. The predicted molar refractivity (Wildman–Crippen MR) is 99.3 cm³/mol. The Morgan fingerprint density at radius 1 is 1.22 bits per heavy atom. The van der Waals surface area contributed by atoms with E-state index in [0.717, 1.165) is 0 Å². The number of carbonyl (C=O) groups excluding carboxylic acids is 2. The Balaban J connectivity index is 1.76. The van der Waals surface area contributed by atoms with Crippen molar-refractivity contribution < 1.29 is 22.7 Å². The summed E-state index contributed by atoms with van der Waals surface area (Å²) >= 11 is 18.0. The molecule has 1 aromatic carbocycles. The number of hydrogen-bond donors (Lipinski definition) is 1. The lowest BCUT2D eigenvalue weighted by Crippen LogP contribution is -2.59. The molecular weight excluding hydrogens is 441 g/mol. The molecule has 1 aromatic rings. The van der Waals surface area contributed by atoms with E-state index in [2.05, 4.69) is 5.32 Å². The molecular formula is C15H16Cl3N3O5S. The van der Waals surface area contributed by atoms with Crippen LogP contribution in [0.5, 0.6) is 0 Å². The zero-order valence-electron chi connectivity index (χ0n) is 13.9. The average molecular weight is 457 g/mol. The third-order valence-electron chi connectivity index (χ3n) is 4.22. The van der Waals surface area contributed by atoms with E-state index in [1.54, 1.807) is 11.0 Å². The zero-order valence-corrected chi connectivity index (χ0v) is 17.0. The monoisotopic (exact) mass is 455 g/mol. The largest absolute Gasteiger partial charge is 0.379 e. The molecule has 1 N–H and O–H groups in total. The lowest BCUT2D eigenvalue weighted by Gasteiger charge is -2.38. The number of sulfonamides is 1. The molecule has 1 unspecified atom stereocenters. The summed E-state index contributed by atoms with van der Waals surface area (Å²) in [6.07, 6.45) is -0.998. The van der Waals surface area contributed by atoms with Crippen molar-refractivity contribution in [1.82, 2.24) is 14.5 Å². The van der Waals surface area contributed by atoms with Crippen molar-refractivity contribution >= 4 is 56.6 Å². The number of alkyl halides is 3. The van der Waals surface area contributed by atoms with Crippen LogP contribution in [0.4, 0.5) is 0 Å². The van der Waals surface area contributed by atoms with Crippen molar-refractivity contribution in [2.75, 3.05) is 32.8 Å². The molecule has 3 rings (SSSR count). The van der Waals surface area contributed by atoms with Gasteiger partial charge in [0.25, 0.3) is 15.9 Å². The molecule has 1 atom stereocenters. The Bertz CT molecular complexity index is 852. The molecule has 2 aliphatic heterocycles. The summed E-state index contributed by atoms with van der Waals surface area (Å²) in [5, 5.41) is 2.52. The van der Waals surface area contributed by atoms with Crippen LogP contribution in [0.3, 0.4) is 0 Å². The van der Waals surface area contributed by atoms with Crippen LogP contribution in [-0.4, -0.2) is 72.2 Å². The van der Waals surface area contributed by atoms with Gasteiger partial charge >= 0.3 is 0 Å². The van der Waals surface area contributed by atoms with Gasteiger partial charge in [0.1, 0.15) is 17.6 Å². The highest BCUT2D eigenvalue weighted by molar-refractivity contribution is 7.90. The number of ether oxygens (including phenoxy) is 1. The van der Waals surface area contributed by atoms with Gasteiger partial charge in [0.05, 0.1) is 18.8 Å². The Morgan fingerprint density at radius 2 is 1.85 bits per heavy atom. The van der Waals surface area contributed by atoms with Gasteiger partial charge in [-0.15, -0.1) is 0 Å². The Morgan fingerprint density at radius 3 is 2.44 bits per heavy atom. The molecule has 1 fully saturated rings. The molecule has 0 aromatic heterocycles.